The third kappa shape index (κ3) is 4.90. The van der Waals surface area contributed by atoms with E-state index in [1.165, 1.54) is 22.3 Å². The lowest BCUT2D eigenvalue weighted by Gasteiger charge is -2.10. The highest BCUT2D eigenvalue weighted by Gasteiger charge is 2.12. The van der Waals surface area contributed by atoms with E-state index in [1.807, 2.05) is 6.07 Å². The molecule has 2 aromatic rings. The van der Waals surface area contributed by atoms with Crippen molar-refractivity contribution in [1.29, 1.82) is 0 Å². The van der Waals surface area contributed by atoms with Crippen LogP contribution in [-0.2, 0) is 6.42 Å². The Morgan fingerprint density at radius 1 is 1.17 bits per heavy atom. The van der Waals surface area contributed by atoms with Gasteiger partial charge in [-0.05, 0) is 68.0 Å². The largest absolute Gasteiger partial charge is 0.456 e. The fourth-order valence-corrected chi connectivity index (χ4v) is 3.20. The van der Waals surface area contributed by atoms with Crippen LogP contribution in [-0.4, -0.2) is 24.5 Å². The Morgan fingerprint density at radius 2 is 1.87 bits per heavy atom. The molecule has 0 fully saturated rings. The number of amides is 1. The molecule has 0 atom stereocenters. The fourth-order valence-electron chi connectivity index (χ4n) is 2.76. The van der Waals surface area contributed by atoms with Crippen LogP contribution in [0.5, 0.6) is 0 Å². The summed E-state index contributed by atoms with van der Waals surface area (Å²) in [6.45, 7) is 7.04. The molecule has 1 N–H and O–H groups in total. The van der Waals surface area contributed by atoms with Gasteiger partial charge in [0.15, 0.2) is 5.76 Å². The molecule has 1 amide bonds. The SMILES string of the molecule is CSCCCNC(=O)c1ccc(Cc2c(C)cc(C)cc2C)o1. The molecular formula is C19H25NO2S. The first kappa shape index (κ1) is 17.7. The predicted molar refractivity (Wildman–Crippen MR) is 97.5 cm³/mol. The van der Waals surface area contributed by atoms with Crippen molar-refractivity contribution in [3.05, 3.63) is 58.0 Å². The molecule has 0 aliphatic rings. The number of thioether (sulfide) groups is 1. The van der Waals surface area contributed by atoms with Crippen LogP contribution in [0, 0.1) is 20.8 Å². The topological polar surface area (TPSA) is 42.2 Å². The summed E-state index contributed by atoms with van der Waals surface area (Å²) in [5, 5.41) is 2.90. The van der Waals surface area contributed by atoms with Gasteiger partial charge in [0, 0.05) is 13.0 Å². The molecule has 124 valence electrons. The lowest BCUT2D eigenvalue weighted by atomic mass is 9.97. The molecule has 0 saturated carbocycles. The molecular weight excluding hydrogens is 306 g/mol. The van der Waals surface area contributed by atoms with E-state index in [1.54, 1.807) is 17.8 Å². The highest BCUT2D eigenvalue weighted by atomic mass is 32.2. The molecule has 3 nitrogen and oxygen atoms in total. The molecule has 4 heteroatoms. The van der Waals surface area contributed by atoms with E-state index in [9.17, 15) is 4.79 Å². The quantitative estimate of drug-likeness (QED) is 0.770. The van der Waals surface area contributed by atoms with E-state index in [0.29, 0.717) is 12.3 Å². The molecule has 2 rings (SSSR count). The van der Waals surface area contributed by atoms with Gasteiger partial charge in [0.25, 0.3) is 5.91 Å². The molecule has 0 spiro atoms. The number of hydrogen-bond donors (Lipinski definition) is 1. The molecule has 1 aromatic heterocycles. The van der Waals surface area contributed by atoms with Gasteiger partial charge in [0.05, 0.1) is 0 Å². The number of aryl methyl sites for hydroxylation is 3. The van der Waals surface area contributed by atoms with Gasteiger partial charge in [-0.2, -0.15) is 11.8 Å². The second kappa shape index (κ2) is 8.25. The van der Waals surface area contributed by atoms with Crippen molar-refractivity contribution < 1.29 is 9.21 Å². The zero-order valence-electron chi connectivity index (χ0n) is 14.4. The minimum Gasteiger partial charge on any atom is -0.456 e. The van der Waals surface area contributed by atoms with Crippen LogP contribution >= 0.6 is 11.8 Å². The zero-order chi connectivity index (χ0) is 16.8. The summed E-state index contributed by atoms with van der Waals surface area (Å²) in [4.78, 5) is 12.0. The van der Waals surface area contributed by atoms with Gasteiger partial charge in [-0.3, -0.25) is 4.79 Å². The van der Waals surface area contributed by atoms with Crippen molar-refractivity contribution in [1.82, 2.24) is 5.32 Å². The Morgan fingerprint density at radius 3 is 2.52 bits per heavy atom. The standard InChI is InChI=1S/C19H25NO2S/c1-13-10-14(2)17(15(3)11-13)12-16-6-7-18(22-16)19(21)20-8-5-9-23-4/h6-7,10-11H,5,8-9,12H2,1-4H3,(H,20,21). The summed E-state index contributed by atoms with van der Waals surface area (Å²) in [5.41, 5.74) is 5.08. The molecule has 0 unspecified atom stereocenters. The van der Waals surface area contributed by atoms with E-state index in [2.05, 4.69) is 44.5 Å². The van der Waals surface area contributed by atoms with Crippen LogP contribution < -0.4 is 5.32 Å². The van der Waals surface area contributed by atoms with Crippen LogP contribution in [0.2, 0.25) is 0 Å². The Bertz CT molecular complexity index is 653. The van der Waals surface area contributed by atoms with Gasteiger partial charge in [-0.25, -0.2) is 0 Å². The van der Waals surface area contributed by atoms with Crippen molar-refractivity contribution in [2.45, 2.75) is 33.6 Å². The number of hydrogen-bond acceptors (Lipinski definition) is 3. The average Bonchev–Trinajstić information content (AvgIpc) is 2.96. The molecule has 0 aliphatic carbocycles. The zero-order valence-corrected chi connectivity index (χ0v) is 15.2. The van der Waals surface area contributed by atoms with Crippen molar-refractivity contribution in [3.63, 3.8) is 0 Å². The number of rotatable bonds is 7. The lowest BCUT2D eigenvalue weighted by molar-refractivity contribution is 0.0924. The van der Waals surface area contributed by atoms with Crippen molar-refractivity contribution in [2.24, 2.45) is 0 Å². The maximum absolute atomic E-state index is 12.0. The van der Waals surface area contributed by atoms with E-state index < -0.39 is 0 Å². The molecule has 0 saturated heterocycles. The van der Waals surface area contributed by atoms with Crippen molar-refractivity contribution >= 4 is 17.7 Å². The molecule has 0 bridgehead atoms. The summed E-state index contributed by atoms with van der Waals surface area (Å²) in [5.74, 6) is 2.14. The van der Waals surface area contributed by atoms with E-state index in [4.69, 9.17) is 4.42 Å². The summed E-state index contributed by atoms with van der Waals surface area (Å²) < 4.78 is 5.73. The maximum atomic E-state index is 12.0. The third-order valence-corrected chi connectivity index (χ3v) is 4.58. The van der Waals surface area contributed by atoms with Gasteiger partial charge in [-0.15, -0.1) is 0 Å². The number of furan rings is 1. The van der Waals surface area contributed by atoms with Crippen molar-refractivity contribution in [2.75, 3.05) is 18.6 Å². The number of nitrogens with one attached hydrogen (secondary N) is 1. The second-order valence-corrected chi connectivity index (χ2v) is 6.91. The van der Waals surface area contributed by atoms with Gasteiger partial charge >= 0.3 is 0 Å². The number of carbonyl (C=O) groups excluding carboxylic acids is 1. The van der Waals surface area contributed by atoms with Crippen LogP contribution in [0.4, 0.5) is 0 Å². The minimum atomic E-state index is -0.130. The number of benzene rings is 1. The highest BCUT2D eigenvalue weighted by molar-refractivity contribution is 7.98. The first-order chi connectivity index (χ1) is 11.0. The molecule has 1 aromatic carbocycles. The molecule has 0 aliphatic heterocycles. The summed E-state index contributed by atoms with van der Waals surface area (Å²) in [6, 6.07) is 8.03. The van der Waals surface area contributed by atoms with Crippen LogP contribution in [0.15, 0.2) is 28.7 Å². The minimum absolute atomic E-state index is 0.130. The smallest absolute Gasteiger partial charge is 0.286 e. The normalized spacial score (nSPS) is 10.8. The van der Waals surface area contributed by atoms with E-state index >= 15 is 0 Å². The van der Waals surface area contributed by atoms with E-state index in [-0.39, 0.29) is 5.91 Å². The van der Waals surface area contributed by atoms with Gasteiger partial charge in [-0.1, -0.05) is 17.7 Å². The summed E-state index contributed by atoms with van der Waals surface area (Å²) >= 11 is 1.78. The average molecular weight is 331 g/mol. The van der Waals surface area contributed by atoms with Gasteiger partial charge in [0.1, 0.15) is 5.76 Å². The Kier molecular flexibility index (Phi) is 6.34. The Labute approximate surface area is 142 Å². The van der Waals surface area contributed by atoms with Crippen molar-refractivity contribution in [3.8, 4) is 0 Å². The Hall–Kier alpha value is -1.68. The first-order valence-electron chi connectivity index (χ1n) is 7.94. The van der Waals surface area contributed by atoms with Crippen LogP contribution in [0.1, 0.15) is 45.0 Å². The van der Waals surface area contributed by atoms with Crippen LogP contribution in [0.3, 0.4) is 0 Å². The monoisotopic (exact) mass is 331 g/mol. The molecule has 1 heterocycles. The fraction of sp³-hybridized carbons (Fsp3) is 0.421. The first-order valence-corrected chi connectivity index (χ1v) is 9.33. The summed E-state index contributed by atoms with van der Waals surface area (Å²) in [6.07, 6.45) is 3.76. The highest BCUT2D eigenvalue weighted by Crippen LogP contribution is 2.21. The van der Waals surface area contributed by atoms with Crippen LogP contribution in [0.25, 0.3) is 0 Å². The molecule has 0 radical (unpaired) electrons. The second-order valence-electron chi connectivity index (χ2n) is 5.92. The summed E-state index contributed by atoms with van der Waals surface area (Å²) in [7, 11) is 0. The lowest BCUT2D eigenvalue weighted by Crippen LogP contribution is -2.24. The Balaban J connectivity index is 2.01. The third-order valence-electron chi connectivity index (χ3n) is 3.89. The van der Waals surface area contributed by atoms with Gasteiger partial charge < -0.3 is 9.73 Å². The number of carbonyl (C=O) groups is 1. The van der Waals surface area contributed by atoms with E-state index in [0.717, 1.165) is 24.4 Å². The molecule has 23 heavy (non-hydrogen) atoms. The predicted octanol–water partition coefficient (Wildman–Crippen LogP) is 4.28. The maximum Gasteiger partial charge on any atom is 0.286 e. The van der Waals surface area contributed by atoms with Gasteiger partial charge in [0.2, 0.25) is 0 Å².